The highest BCUT2D eigenvalue weighted by molar-refractivity contribution is 7.98. The first kappa shape index (κ1) is 20.5. The molecule has 0 aliphatic rings. The molecule has 0 spiro atoms. The number of thioether (sulfide) groups is 1. The molecule has 0 amide bonds. The summed E-state index contributed by atoms with van der Waals surface area (Å²) in [5, 5.41) is 9.73. The number of thiazole rings is 1. The van der Waals surface area contributed by atoms with Crippen LogP contribution in [0.2, 0.25) is 0 Å². The summed E-state index contributed by atoms with van der Waals surface area (Å²) in [6, 6.07) is 25.9. The van der Waals surface area contributed by atoms with Gasteiger partial charge in [-0.05, 0) is 42.0 Å². The van der Waals surface area contributed by atoms with E-state index in [1.165, 1.54) is 16.9 Å². The second-order valence-electron chi connectivity index (χ2n) is 7.13. The molecular formula is C24H20N4O2S2. The molecule has 2 aromatic heterocycles. The fraction of sp³-hybridized carbons (Fsp3) is 0.125. The van der Waals surface area contributed by atoms with Crippen LogP contribution in [0.1, 0.15) is 11.4 Å². The van der Waals surface area contributed by atoms with Gasteiger partial charge in [-0.1, -0.05) is 65.6 Å². The minimum absolute atomic E-state index is 0.00558. The molecule has 0 fully saturated rings. The molecule has 0 aliphatic carbocycles. The first-order chi connectivity index (χ1) is 15.7. The number of ether oxygens (including phenoxy) is 1. The Labute approximate surface area is 193 Å². The van der Waals surface area contributed by atoms with Crippen LogP contribution in [0.15, 0.2) is 88.8 Å². The average molecular weight is 461 g/mol. The fourth-order valence-electron chi connectivity index (χ4n) is 3.51. The van der Waals surface area contributed by atoms with Gasteiger partial charge in [0.1, 0.15) is 5.75 Å². The van der Waals surface area contributed by atoms with Crippen LogP contribution < -0.4 is 9.61 Å². The summed E-state index contributed by atoms with van der Waals surface area (Å²) in [7, 11) is 1.65. The SMILES string of the molecule is COc1ccc(-n2c(Cn3c(=O)sc4ccccc43)nnc2SCc2ccccc2)cc1. The summed E-state index contributed by atoms with van der Waals surface area (Å²) < 4.78 is 10.1. The third-order valence-corrected chi connectivity index (χ3v) is 7.08. The van der Waals surface area contributed by atoms with Gasteiger partial charge in [0.25, 0.3) is 0 Å². The lowest BCUT2D eigenvalue weighted by molar-refractivity contribution is 0.414. The van der Waals surface area contributed by atoms with Gasteiger partial charge in [-0.15, -0.1) is 10.2 Å². The quantitative estimate of drug-likeness (QED) is 0.320. The average Bonchev–Trinajstić information content (AvgIpc) is 3.39. The van der Waals surface area contributed by atoms with Crippen molar-refractivity contribution in [2.45, 2.75) is 17.5 Å². The van der Waals surface area contributed by atoms with E-state index in [-0.39, 0.29) is 4.87 Å². The molecule has 0 saturated heterocycles. The fourth-order valence-corrected chi connectivity index (χ4v) is 5.33. The summed E-state index contributed by atoms with van der Waals surface area (Å²) in [6.07, 6.45) is 0. The Kier molecular flexibility index (Phi) is 5.79. The number of aromatic nitrogens is 4. The van der Waals surface area contributed by atoms with Crippen molar-refractivity contribution in [1.29, 1.82) is 0 Å². The van der Waals surface area contributed by atoms with Crippen LogP contribution in [-0.4, -0.2) is 26.4 Å². The lowest BCUT2D eigenvalue weighted by Gasteiger charge is -2.12. The van der Waals surface area contributed by atoms with Crippen molar-refractivity contribution in [3.63, 3.8) is 0 Å². The Hall–Kier alpha value is -3.36. The van der Waals surface area contributed by atoms with E-state index in [1.807, 2.05) is 71.3 Å². The first-order valence-electron chi connectivity index (χ1n) is 10.1. The number of methoxy groups -OCH3 is 1. The predicted octanol–water partition coefficient (Wildman–Crippen LogP) is 4.99. The molecule has 0 bridgehead atoms. The number of nitrogens with zero attached hydrogens (tertiary/aromatic N) is 4. The Morgan fingerprint density at radius 3 is 2.47 bits per heavy atom. The Balaban J connectivity index is 1.54. The van der Waals surface area contributed by atoms with E-state index < -0.39 is 0 Å². The minimum atomic E-state index is -0.00558. The van der Waals surface area contributed by atoms with Crippen molar-refractivity contribution in [2.24, 2.45) is 0 Å². The normalized spacial score (nSPS) is 11.2. The zero-order chi connectivity index (χ0) is 21.9. The molecule has 5 aromatic rings. The standard InChI is InChI=1S/C24H20N4O2S2/c1-30-19-13-11-18(12-14-19)28-22(15-27-20-9-5-6-10-21(20)32-24(27)29)25-26-23(28)31-16-17-7-3-2-4-8-17/h2-14H,15-16H2,1H3. The lowest BCUT2D eigenvalue weighted by atomic mass is 10.2. The van der Waals surface area contributed by atoms with Gasteiger partial charge in [0.2, 0.25) is 0 Å². The van der Waals surface area contributed by atoms with Crippen LogP contribution >= 0.6 is 23.1 Å². The highest BCUT2D eigenvalue weighted by atomic mass is 32.2. The topological polar surface area (TPSA) is 61.9 Å². The summed E-state index contributed by atoms with van der Waals surface area (Å²) >= 11 is 2.87. The molecule has 0 atom stereocenters. The molecule has 0 N–H and O–H groups in total. The van der Waals surface area contributed by atoms with E-state index in [0.717, 1.165) is 32.6 Å². The van der Waals surface area contributed by atoms with Crippen molar-refractivity contribution in [3.05, 3.63) is 99.9 Å². The molecule has 3 aromatic carbocycles. The number of hydrogen-bond acceptors (Lipinski definition) is 6. The van der Waals surface area contributed by atoms with Crippen molar-refractivity contribution in [3.8, 4) is 11.4 Å². The zero-order valence-electron chi connectivity index (χ0n) is 17.3. The Morgan fingerprint density at radius 2 is 1.69 bits per heavy atom. The highest BCUT2D eigenvalue weighted by Crippen LogP contribution is 2.27. The zero-order valence-corrected chi connectivity index (χ0v) is 19.0. The van der Waals surface area contributed by atoms with Crippen molar-refractivity contribution >= 4 is 33.3 Å². The van der Waals surface area contributed by atoms with Crippen LogP contribution in [0.25, 0.3) is 15.9 Å². The minimum Gasteiger partial charge on any atom is -0.497 e. The van der Waals surface area contributed by atoms with Crippen molar-refractivity contribution in [1.82, 2.24) is 19.3 Å². The molecule has 0 radical (unpaired) electrons. The molecule has 6 nitrogen and oxygen atoms in total. The van der Waals surface area contributed by atoms with Crippen LogP contribution in [0.5, 0.6) is 5.75 Å². The van der Waals surface area contributed by atoms with E-state index in [9.17, 15) is 4.79 Å². The summed E-state index contributed by atoms with van der Waals surface area (Å²) in [4.78, 5) is 12.7. The largest absolute Gasteiger partial charge is 0.497 e. The number of para-hydroxylation sites is 1. The first-order valence-corrected chi connectivity index (χ1v) is 11.9. The molecule has 0 aliphatic heterocycles. The van der Waals surface area contributed by atoms with Crippen LogP contribution in [0.3, 0.4) is 0 Å². The second-order valence-corrected chi connectivity index (χ2v) is 9.06. The molecule has 2 heterocycles. The number of hydrogen-bond donors (Lipinski definition) is 0. The van der Waals surface area contributed by atoms with Gasteiger partial charge < -0.3 is 4.74 Å². The van der Waals surface area contributed by atoms with E-state index in [0.29, 0.717) is 12.4 Å². The highest BCUT2D eigenvalue weighted by Gasteiger charge is 2.17. The second kappa shape index (κ2) is 9.02. The Bertz CT molecular complexity index is 1410. The van der Waals surface area contributed by atoms with E-state index in [1.54, 1.807) is 23.4 Å². The molecule has 160 valence electrons. The van der Waals surface area contributed by atoms with E-state index in [4.69, 9.17) is 4.74 Å². The van der Waals surface area contributed by atoms with Crippen LogP contribution in [0, 0.1) is 0 Å². The third-order valence-electron chi connectivity index (χ3n) is 5.12. The van der Waals surface area contributed by atoms with Gasteiger partial charge in [-0.25, -0.2) is 0 Å². The van der Waals surface area contributed by atoms with Gasteiger partial charge in [-0.2, -0.15) is 0 Å². The van der Waals surface area contributed by atoms with Crippen LogP contribution in [0.4, 0.5) is 0 Å². The maximum atomic E-state index is 12.7. The van der Waals surface area contributed by atoms with Crippen molar-refractivity contribution < 1.29 is 4.74 Å². The monoisotopic (exact) mass is 460 g/mol. The van der Waals surface area contributed by atoms with E-state index >= 15 is 0 Å². The lowest BCUT2D eigenvalue weighted by Crippen LogP contribution is -2.16. The smallest absolute Gasteiger partial charge is 0.308 e. The molecule has 5 rings (SSSR count). The van der Waals surface area contributed by atoms with Gasteiger partial charge in [0.05, 0.1) is 23.9 Å². The number of rotatable bonds is 7. The van der Waals surface area contributed by atoms with Gasteiger partial charge >= 0.3 is 4.87 Å². The molecule has 8 heteroatoms. The molecule has 32 heavy (non-hydrogen) atoms. The van der Waals surface area contributed by atoms with E-state index in [2.05, 4.69) is 22.3 Å². The summed E-state index contributed by atoms with van der Waals surface area (Å²) in [5.74, 6) is 2.26. The van der Waals surface area contributed by atoms with Gasteiger partial charge in [0, 0.05) is 11.4 Å². The number of fused-ring (bicyclic) bond motifs is 1. The third kappa shape index (κ3) is 4.06. The summed E-state index contributed by atoms with van der Waals surface area (Å²) in [5.41, 5.74) is 3.04. The predicted molar refractivity (Wildman–Crippen MR) is 129 cm³/mol. The van der Waals surface area contributed by atoms with Crippen molar-refractivity contribution in [2.75, 3.05) is 7.11 Å². The molecular weight excluding hydrogens is 440 g/mol. The van der Waals surface area contributed by atoms with Gasteiger partial charge in [0.15, 0.2) is 11.0 Å². The maximum absolute atomic E-state index is 12.7. The molecule has 0 unspecified atom stereocenters. The Morgan fingerprint density at radius 1 is 0.938 bits per heavy atom. The maximum Gasteiger partial charge on any atom is 0.308 e. The number of benzene rings is 3. The van der Waals surface area contributed by atoms with Crippen LogP contribution in [-0.2, 0) is 12.3 Å². The summed E-state index contributed by atoms with van der Waals surface area (Å²) in [6.45, 7) is 0.341. The molecule has 0 saturated carbocycles. The van der Waals surface area contributed by atoms with Gasteiger partial charge in [-0.3, -0.25) is 13.9 Å².